The maximum absolute atomic E-state index is 12.1. The van der Waals surface area contributed by atoms with Crippen LogP contribution in [0.3, 0.4) is 0 Å². The number of nitrogens with zero attached hydrogens (tertiary/aromatic N) is 1. The summed E-state index contributed by atoms with van der Waals surface area (Å²) in [5.74, 6) is -0.151. The van der Waals surface area contributed by atoms with Crippen molar-refractivity contribution in [1.29, 1.82) is 0 Å². The largest absolute Gasteiger partial charge is 0.497 e. The molecule has 0 spiro atoms. The Morgan fingerprint density at radius 3 is 2.52 bits per heavy atom. The van der Waals surface area contributed by atoms with Crippen molar-refractivity contribution in [3.05, 3.63) is 41.7 Å². The van der Waals surface area contributed by atoms with Crippen LogP contribution in [-0.4, -0.2) is 29.2 Å². The number of hydrogen-bond donors (Lipinski definition) is 2. The molecule has 1 heterocycles. The Kier molecular flexibility index (Phi) is 5.35. The van der Waals surface area contributed by atoms with Crippen LogP contribution >= 0.6 is 0 Å². The molecule has 1 atom stereocenters. The van der Waals surface area contributed by atoms with Gasteiger partial charge < -0.3 is 19.7 Å². The standard InChI is InChI=1S/C16H18N2O5/c1-10-7-14(18-23-10)17-15(19)8-12(9-16(20)21)11-3-5-13(22-2)6-4-11/h3-7,12H,8-9H2,1-2H3,(H,20,21)(H,17,18,19). The molecule has 2 N–H and O–H groups in total. The third-order valence-electron chi connectivity index (χ3n) is 3.34. The topological polar surface area (TPSA) is 102 Å². The number of amides is 1. The van der Waals surface area contributed by atoms with E-state index in [1.165, 1.54) is 0 Å². The van der Waals surface area contributed by atoms with E-state index in [1.54, 1.807) is 44.4 Å². The number of methoxy groups -OCH3 is 1. The number of carbonyl (C=O) groups is 2. The van der Waals surface area contributed by atoms with Crippen molar-refractivity contribution in [2.45, 2.75) is 25.7 Å². The molecule has 7 nitrogen and oxygen atoms in total. The second-order valence-electron chi connectivity index (χ2n) is 5.14. The van der Waals surface area contributed by atoms with E-state index in [0.717, 1.165) is 5.56 Å². The third-order valence-corrected chi connectivity index (χ3v) is 3.34. The lowest BCUT2D eigenvalue weighted by atomic mass is 9.92. The van der Waals surface area contributed by atoms with Crippen LogP contribution in [-0.2, 0) is 9.59 Å². The summed E-state index contributed by atoms with van der Waals surface area (Å²) >= 11 is 0. The number of nitrogens with one attached hydrogen (secondary N) is 1. The monoisotopic (exact) mass is 318 g/mol. The highest BCUT2D eigenvalue weighted by molar-refractivity contribution is 5.90. The fourth-order valence-electron chi connectivity index (χ4n) is 2.24. The number of rotatable bonds is 7. The third kappa shape index (κ3) is 4.84. The minimum Gasteiger partial charge on any atom is -0.497 e. The molecule has 122 valence electrons. The van der Waals surface area contributed by atoms with Crippen LogP contribution in [0.4, 0.5) is 5.82 Å². The van der Waals surface area contributed by atoms with E-state index in [1.807, 2.05) is 0 Å². The smallest absolute Gasteiger partial charge is 0.303 e. The van der Waals surface area contributed by atoms with E-state index >= 15 is 0 Å². The number of aryl methyl sites for hydroxylation is 1. The van der Waals surface area contributed by atoms with E-state index < -0.39 is 11.9 Å². The van der Waals surface area contributed by atoms with Crippen LogP contribution in [0.25, 0.3) is 0 Å². The Balaban J connectivity index is 2.07. The lowest BCUT2D eigenvalue weighted by Gasteiger charge is -2.15. The van der Waals surface area contributed by atoms with Gasteiger partial charge in [0.25, 0.3) is 0 Å². The predicted octanol–water partition coefficient (Wildman–Crippen LogP) is 2.58. The van der Waals surface area contributed by atoms with Gasteiger partial charge in [0.1, 0.15) is 11.5 Å². The molecule has 7 heteroatoms. The molecule has 1 aromatic carbocycles. The molecule has 2 aromatic rings. The first-order valence-electron chi connectivity index (χ1n) is 7.07. The van der Waals surface area contributed by atoms with Gasteiger partial charge in [0, 0.05) is 18.4 Å². The summed E-state index contributed by atoms with van der Waals surface area (Å²) in [6.07, 6.45) is -0.109. The van der Waals surface area contributed by atoms with Gasteiger partial charge in [-0.25, -0.2) is 0 Å². The molecule has 1 unspecified atom stereocenters. The summed E-state index contributed by atoms with van der Waals surface area (Å²) in [7, 11) is 1.55. The number of ether oxygens (including phenoxy) is 1. The van der Waals surface area contributed by atoms with E-state index in [9.17, 15) is 9.59 Å². The van der Waals surface area contributed by atoms with Crippen molar-refractivity contribution in [2.24, 2.45) is 0 Å². The van der Waals surface area contributed by atoms with Crippen molar-refractivity contribution in [3.63, 3.8) is 0 Å². The highest BCUT2D eigenvalue weighted by Crippen LogP contribution is 2.26. The van der Waals surface area contributed by atoms with Crippen molar-refractivity contribution >= 4 is 17.7 Å². The Labute approximate surface area is 133 Å². The molecule has 0 saturated heterocycles. The van der Waals surface area contributed by atoms with Gasteiger partial charge in [0.15, 0.2) is 5.82 Å². The van der Waals surface area contributed by atoms with Crippen molar-refractivity contribution in [2.75, 3.05) is 12.4 Å². The van der Waals surface area contributed by atoms with Crippen LogP contribution in [0.5, 0.6) is 5.75 Å². The molecule has 0 radical (unpaired) electrons. The number of anilines is 1. The zero-order valence-corrected chi connectivity index (χ0v) is 12.9. The van der Waals surface area contributed by atoms with E-state index in [-0.39, 0.29) is 18.7 Å². The number of hydrogen-bond acceptors (Lipinski definition) is 5. The number of aliphatic carboxylic acids is 1. The molecule has 0 aliphatic carbocycles. The van der Waals surface area contributed by atoms with Gasteiger partial charge in [0.05, 0.1) is 13.5 Å². The van der Waals surface area contributed by atoms with Gasteiger partial charge in [-0.3, -0.25) is 9.59 Å². The van der Waals surface area contributed by atoms with Crippen molar-refractivity contribution in [3.8, 4) is 5.75 Å². The minimum atomic E-state index is -0.962. The summed E-state index contributed by atoms with van der Waals surface area (Å²) in [6, 6.07) is 8.60. The van der Waals surface area contributed by atoms with Crippen molar-refractivity contribution < 1.29 is 24.0 Å². The summed E-state index contributed by atoms with van der Waals surface area (Å²) in [5, 5.41) is 15.3. The first-order chi connectivity index (χ1) is 11.0. The Bertz CT molecular complexity index is 678. The number of carboxylic acids is 1. The van der Waals surface area contributed by atoms with Gasteiger partial charge >= 0.3 is 5.97 Å². The minimum absolute atomic E-state index is 0.0323. The Morgan fingerprint density at radius 1 is 1.30 bits per heavy atom. The highest BCUT2D eigenvalue weighted by Gasteiger charge is 2.20. The molecule has 0 fully saturated rings. The molecular weight excluding hydrogens is 300 g/mol. The van der Waals surface area contributed by atoms with Gasteiger partial charge in [-0.2, -0.15) is 0 Å². The lowest BCUT2D eigenvalue weighted by Crippen LogP contribution is -2.18. The van der Waals surface area contributed by atoms with Crippen LogP contribution in [0.1, 0.15) is 30.1 Å². The summed E-state index contributed by atoms with van der Waals surface area (Å²) < 4.78 is 9.95. The highest BCUT2D eigenvalue weighted by atomic mass is 16.5. The van der Waals surface area contributed by atoms with Gasteiger partial charge in [-0.1, -0.05) is 17.3 Å². The molecule has 0 saturated carbocycles. The fraction of sp³-hybridized carbons (Fsp3) is 0.312. The molecule has 1 aromatic heterocycles. The van der Waals surface area contributed by atoms with E-state index in [2.05, 4.69) is 10.5 Å². The maximum atomic E-state index is 12.1. The molecule has 1 amide bonds. The Morgan fingerprint density at radius 2 is 2.00 bits per heavy atom. The van der Waals surface area contributed by atoms with E-state index in [0.29, 0.717) is 17.3 Å². The van der Waals surface area contributed by atoms with Gasteiger partial charge in [-0.05, 0) is 24.6 Å². The second-order valence-corrected chi connectivity index (χ2v) is 5.14. The van der Waals surface area contributed by atoms with E-state index in [4.69, 9.17) is 14.4 Å². The average Bonchev–Trinajstić information content (AvgIpc) is 2.91. The van der Waals surface area contributed by atoms with Crippen LogP contribution < -0.4 is 10.1 Å². The number of benzene rings is 1. The second kappa shape index (κ2) is 7.44. The Hall–Kier alpha value is -2.83. The summed E-state index contributed by atoms with van der Waals surface area (Å²) in [4.78, 5) is 23.2. The number of aromatic nitrogens is 1. The van der Waals surface area contributed by atoms with Crippen LogP contribution in [0.2, 0.25) is 0 Å². The van der Waals surface area contributed by atoms with Crippen LogP contribution in [0, 0.1) is 6.92 Å². The fourth-order valence-corrected chi connectivity index (χ4v) is 2.24. The van der Waals surface area contributed by atoms with Gasteiger partial charge in [-0.15, -0.1) is 0 Å². The average molecular weight is 318 g/mol. The zero-order chi connectivity index (χ0) is 16.8. The molecular formula is C16H18N2O5. The first-order valence-corrected chi connectivity index (χ1v) is 7.07. The lowest BCUT2D eigenvalue weighted by molar-refractivity contribution is -0.137. The summed E-state index contributed by atoms with van der Waals surface area (Å²) in [6.45, 7) is 1.72. The predicted molar refractivity (Wildman–Crippen MR) is 82.5 cm³/mol. The van der Waals surface area contributed by atoms with Crippen LogP contribution in [0.15, 0.2) is 34.9 Å². The van der Waals surface area contributed by atoms with Crippen molar-refractivity contribution in [1.82, 2.24) is 5.16 Å². The molecule has 23 heavy (non-hydrogen) atoms. The summed E-state index contributed by atoms with van der Waals surface area (Å²) in [5.41, 5.74) is 0.764. The quantitative estimate of drug-likeness (QED) is 0.813. The molecule has 0 aliphatic heterocycles. The maximum Gasteiger partial charge on any atom is 0.303 e. The molecule has 0 bridgehead atoms. The normalized spacial score (nSPS) is 11.7. The zero-order valence-electron chi connectivity index (χ0n) is 12.9. The SMILES string of the molecule is COc1ccc(C(CC(=O)O)CC(=O)Nc2cc(C)on2)cc1. The first kappa shape index (κ1) is 16.5. The van der Waals surface area contributed by atoms with Gasteiger partial charge in [0.2, 0.25) is 5.91 Å². The molecule has 2 rings (SSSR count). The number of carboxylic acid groups (broad SMARTS) is 1. The number of carbonyl (C=O) groups excluding carboxylic acids is 1. The molecule has 0 aliphatic rings.